The lowest BCUT2D eigenvalue weighted by Gasteiger charge is -2.26. The molecule has 2 aromatic carbocycles. The Hall–Kier alpha value is -2.54. The van der Waals surface area contributed by atoms with Gasteiger partial charge in [-0.05, 0) is 12.1 Å². The summed E-state index contributed by atoms with van der Waals surface area (Å²) in [5, 5.41) is 13.4. The summed E-state index contributed by atoms with van der Waals surface area (Å²) < 4.78 is 5.32. The van der Waals surface area contributed by atoms with Gasteiger partial charge in [0.2, 0.25) is 0 Å². The number of methoxy groups -OCH3 is 1. The number of hydrogen-bond acceptors (Lipinski definition) is 5. The number of amides is 1. The fraction of sp³-hybridized carbons (Fsp3) is 0.133. The molecule has 0 saturated carbocycles. The van der Waals surface area contributed by atoms with Gasteiger partial charge in [0, 0.05) is 22.6 Å². The number of fused-ring (bicyclic) bond motifs is 1. The Balaban J connectivity index is 1.98. The highest BCUT2D eigenvalue weighted by Gasteiger charge is 2.29. The molecule has 3 rings (SSSR count). The summed E-state index contributed by atoms with van der Waals surface area (Å²) in [6.07, 6.45) is 0. The molecule has 1 aliphatic heterocycles. The summed E-state index contributed by atoms with van der Waals surface area (Å²) in [6.45, 7) is 0. The summed E-state index contributed by atoms with van der Waals surface area (Å²) in [5.41, 5.74) is 1.09. The molecule has 2 aromatic rings. The Morgan fingerprint density at radius 1 is 1.27 bits per heavy atom. The molecule has 1 N–H and O–H groups in total. The van der Waals surface area contributed by atoms with Gasteiger partial charge in [-0.25, -0.2) is 0 Å². The molecule has 0 aromatic heterocycles. The van der Waals surface area contributed by atoms with E-state index in [4.69, 9.17) is 4.74 Å². The SMILES string of the molecule is COc1ccccc1C1NC(=O)c2cc([N+](=O)[O-])ccc2S1. The highest BCUT2D eigenvalue weighted by molar-refractivity contribution is 7.99. The zero-order chi connectivity index (χ0) is 15.7. The first kappa shape index (κ1) is 14.4. The number of non-ortho nitro benzene ring substituents is 1. The van der Waals surface area contributed by atoms with Crippen molar-refractivity contribution in [2.24, 2.45) is 0 Å². The van der Waals surface area contributed by atoms with Gasteiger partial charge in [-0.3, -0.25) is 14.9 Å². The van der Waals surface area contributed by atoms with Gasteiger partial charge >= 0.3 is 0 Å². The molecule has 7 heteroatoms. The molecular formula is C15H12N2O4S. The lowest BCUT2D eigenvalue weighted by molar-refractivity contribution is -0.384. The molecule has 0 saturated heterocycles. The maximum absolute atomic E-state index is 12.3. The van der Waals surface area contributed by atoms with Crippen LogP contribution in [0.15, 0.2) is 47.4 Å². The third-order valence-electron chi connectivity index (χ3n) is 3.35. The van der Waals surface area contributed by atoms with Crippen LogP contribution < -0.4 is 10.1 Å². The highest BCUT2D eigenvalue weighted by Crippen LogP contribution is 2.42. The summed E-state index contributed by atoms with van der Waals surface area (Å²) in [6, 6.07) is 11.8. The van der Waals surface area contributed by atoms with Crippen molar-refractivity contribution < 1.29 is 14.5 Å². The number of carbonyl (C=O) groups is 1. The number of nitro groups is 1. The summed E-state index contributed by atoms with van der Waals surface area (Å²) >= 11 is 1.43. The molecule has 6 nitrogen and oxygen atoms in total. The van der Waals surface area contributed by atoms with E-state index in [2.05, 4.69) is 5.32 Å². The number of benzene rings is 2. The Labute approximate surface area is 130 Å². The van der Waals surface area contributed by atoms with Crippen LogP contribution in [0.1, 0.15) is 21.3 Å². The van der Waals surface area contributed by atoms with Gasteiger partial charge in [-0.2, -0.15) is 0 Å². The average Bonchev–Trinajstić information content (AvgIpc) is 2.54. The van der Waals surface area contributed by atoms with E-state index in [0.29, 0.717) is 16.2 Å². The van der Waals surface area contributed by atoms with E-state index >= 15 is 0 Å². The molecule has 1 heterocycles. The predicted molar refractivity (Wildman–Crippen MR) is 82.2 cm³/mol. The van der Waals surface area contributed by atoms with Gasteiger partial charge in [0.15, 0.2) is 0 Å². The van der Waals surface area contributed by atoms with Crippen molar-refractivity contribution in [2.75, 3.05) is 7.11 Å². The Morgan fingerprint density at radius 2 is 2.05 bits per heavy atom. The van der Waals surface area contributed by atoms with Crippen molar-refractivity contribution >= 4 is 23.4 Å². The van der Waals surface area contributed by atoms with Gasteiger partial charge < -0.3 is 10.1 Å². The minimum Gasteiger partial charge on any atom is -0.496 e. The molecular weight excluding hydrogens is 304 g/mol. The van der Waals surface area contributed by atoms with Gasteiger partial charge in [0.25, 0.3) is 11.6 Å². The topological polar surface area (TPSA) is 81.5 Å². The third kappa shape index (κ3) is 2.50. The third-order valence-corrected chi connectivity index (χ3v) is 4.56. The second kappa shape index (κ2) is 5.69. The van der Waals surface area contributed by atoms with Crippen molar-refractivity contribution in [2.45, 2.75) is 10.3 Å². The number of hydrogen-bond donors (Lipinski definition) is 1. The molecule has 0 fully saturated rings. The van der Waals surface area contributed by atoms with Crippen molar-refractivity contribution in [1.82, 2.24) is 5.32 Å². The summed E-state index contributed by atoms with van der Waals surface area (Å²) in [5.74, 6) is 0.360. The second-order valence-corrected chi connectivity index (χ2v) is 5.80. The van der Waals surface area contributed by atoms with Gasteiger partial charge in [0.1, 0.15) is 11.1 Å². The largest absolute Gasteiger partial charge is 0.496 e. The van der Waals surface area contributed by atoms with Crippen LogP contribution in [0.3, 0.4) is 0 Å². The smallest absolute Gasteiger partial charge is 0.270 e. The van der Waals surface area contributed by atoms with Crippen LogP contribution in [0.25, 0.3) is 0 Å². The number of nitro benzene ring substituents is 1. The Kier molecular flexibility index (Phi) is 3.72. The first-order chi connectivity index (χ1) is 10.6. The van der Waals surface area contributed by atoms with Crippen molar-refractivity contribution in [3.8, 4) is 5.75 Å². The normalized spacial score (nSPS) is 16.6. The first-order valence-corrected chi connectivity index (χ1v) is 7.37. The molecule has 112 valence electrons. The quantitative estimate of drug-likeness (QED) is 0.695. The van der Waals surface area contributed by atoms with Crippen molar-refractivity contribution in [3.05, 3.63) is 63.7 Å². The number of rotatable bonds is 3. The van der Waals surface area contributed by atoms with E-state index in [1.807, 2.05) is 24.3 Å². The van der Waals surface area contributed by atoms with Crippen LogP contribution in [0, 0.1) is 10.1 Å². The predicted octanol–water partition coefficient (Wildman–Crippen LogP) is 3.14. The minimum absolute atomic E-state index is 0.0924. The van der Waals surface area contributed by atoms with Crippen molar-refractivity contribution in [3.63, 3.8) is 0 Å². The molecule has 22 heavy (non-hydrogen) atoms. The lowest BCUT2D eigenvalue weighted by atomic mass is 10.1. The molecule has 0 spiro atoms. The summed E-state index contributed by atoms with van der Waals surface area (Å²) in [7, 11) is 1.57. The first-order valence-electron chi connectivity index (χ1n) is 6.49. The van der Waals surface area contributed by atoms with Crippen LogP contribution >= 0.6 is 11.8 Å². The van der Waals surface area contributed by atoms with E-state index in [9.17, 15) is 14.9 Å². The number of carbonyl (C=O) groups excluding carboxylic acids is 1. The van der Waals surface area contributed by atoms with Crippen LogP contribution in [0.4, 0.5) is 5.69 Å². The van der Waals surface area contributed by atoms with Crippen molar-refractivity contribution in [1.29, 1.82) is 0 Å². The number of para-hydroxylation sites is 1. The van der Waals surface area contributed by atoms with Crippen LogP contribution in [0.2, 0.25) is 0 Å². The maximum atomic E-state index is 12.3. The molecule has 1 unspecified atom stereocenters. The van der Waals surface area contributed by atoms with Gasteiger partial charge in [-0.1, -0.05) is 30.0 Å². The number of nitrogens with zero attached hydrogens (tertiary/aromatic N) is 1. The van der Waals surface area contributed by atoms with Gasteiger partial charge in [0.05, 0.1) is 17.6 Å². The van der Waals surface area contributed by atoms with E-state index in [1.54, 1.807) is 13.2 Å². The zero-order valence-corrected chi connectivity index (χ0v) is 12.4. The Bertz CT molecular complexity index is 763. The van der Waals surface area contributed by atoms with E-state index in [0.717, 1.165) is 5.56 Å². The van der Waals surface area contributed by atoms with Crippen LogP contribution in [0.5, 0.6) is 5.75 Å². The molecule has 1 aliphatic rings. The number of ether oxygens (including phenoxy) is 1. The number of nitrogens with one attached hydrogen (secondary N) is 1. The molecule has 0 bridgehead atoms. The molecule has 1 atom stereocenters. The van der Waals surface area contributed by atoms with E-state index < -0.39 is 4.92 Å². The van der Waals surface area contributed by atoms with E-state index in [1.165, 1.54) is 23.9 Å². The zero-order valence-electron chi connectivity index (χ0n) is 11.6. The van der Waals surface area contributed by atoms with Gasteiger partial charge in [-0.15, -0.1) is 0 Å². The molecule has 1 amide bonds. The average molecular weight is 316 g/mol. The van der Waals surface area contributed by atoms with E-state index in [-0.39, 0.29) is 17.0 Å². The maximum Gasteiger partial charge on any atom is 0.270 e. The minimum atomic E-state index is -0.509. The van der Waals surface area contributed by atoms with Crippen LogP contribution in [-0.2, 0) is 0 Å². The highest BCUT2D eigenvalue weighted by atomic mass is 32.2. The molecule has 0 aliphatic carbocycles. The fourth-order valence-corrected chi connectivity index (χ4v) is 3.46. The number of thioether (sulfide) groups is 1. The Morgan fingerprint density at radius 3 is 2.77 bits per heavy atom. The summed E-state index contributed by atoms with van der Waals surface area (Å²) in [4.78, 5) is 23.3. The second-order valence-electron chi connectivity index (χ2n) is 4.65. The fourth-order valence-electron chi connectivity index (χ4n) is 2.29. The van der Waals surface area contributed by atoms with Crippen LogP contribution in [-0.4, -0.2) is 17.9 Å². The lowest BCUT2D eigenvalue weighted by Crippen LogP contribution is -2.31. The monoisotopic (exact) mass is 316 g/mol. The molecule has 0 radical (unpaired) electrons. The standard InChI is InChI=1S/C15H12N2O4S/c1-21-12-5-3-2-4-10(12)15-16-14(18)11-8-9(17(19)20)6-7-13(11)22-15/h2-8,15H,1H3,(H,16,18).